The van der Waals surface area contributed by atoms with Gasteiger partial charge in [-0.1, -0.05) is 6.82 Å². The Balaban J connectivity index is 2.83. The molecule has 0 amide bonds. The van der Waals surface area contributed by atoms with Crippen molar-refractivity contribution in [3.05, 3.63) is 0 Å². The molecule has 0 heterocycles. The van der Waals surface area contributed by atoms with Crippen LogP contribution in [0, 0.1) is 0 Å². The second kappa shape index (κ2) is 2.06. The Kier molecular flexibility index (Phi) is 1.98. The normalized spacial score (nSPS) is 6.60. The Hall–Kier alpha value is -0.200. The van der Waals surface area contributed by atoms with Crippen LogP contribution in [0.2, 0.25) is 6.82 Å². The van der Waals surface area contributed by atoms with E-state index < -0.39 is 0 Å². The van der Waals surface area contributed by atoms with Crippen molar-refractivity contribution in [1.82, 2.24) is 0 Å². The first-order valence-electron chi connectivity index (χ1n) is 1.72. The van der Waals surface area contributed by atoms with E-state index in [4.69, 9.17) is 0 Å². The van der Waals surface area contributed by atoms with Crippen LogP contribution in [-0.4, -0.2) is 20.5 Å². The lowest BCUT2D eigenvalue weighted by Crippen LogP contribution is -2.07. The van der Waals surface area contributed by atoms with Crippen molar-refractivity contribution >= 4 is 20.5 Å². The fraction of sp³-hybridized carbons (Fsp3) is 0.500. The summed E-state index contributed by atoms with van der Waals surface area (Å²) in [4.78, 5) is 9.50. The van der Waals surface area contributed by atoms with Crippen LogP contribution in [-0.2, 0) is 4.79 Å². The lowest BCUT2D eigenvalue weighted by atomic mass is 9.36. The molecular weight excluding hydrogens is 61.6 g/mol. The third-order valence-corrected chi connectivity index (χ3v) is 0.272. The second-order valence-corrected chi connectivity index (χ2v) is 1.38. The molecule has 0 unspecified atom stereocenters. The number of hydrogen-bond acceptors (Lipinski definition) is 1. The molecule has 0 aliphatic rings. The highest BCUT2D eigenvalue weighted by Gasteiger charge is 1.88. The molecule has 0 spiro atoms. The van der Waals surface area contributed by atoms with E-state index >= 15 is 0 Å². The van der Waals surface area contributed by atoms with Gasteiger partial charge in [0, 0.05) is 0 Å². The summed E-state index contributed by atoms with van der Waals surface area (Å²) in [7, 11) is 1.85. The fourth-order valence-electron chi connectivity index (χ4n) is 0. The fourth-order valence-corrected chi connectivity index (χ4v) is 0. The van der Waals surface area contributed by atoms with Gasteiger partial charge in [-0.3, -0.25) is 0 Å². The number of rotatable bonds is 1. The molecule has 26 valence electrons. The summed E-state index contributed by atoms with van der Waals surface area (Å²) in [5.74, 6) is 0. The summed E-state index contributed by atoms with van der Waals surface area (Å²) in [5, 5.41) is 0. The molecule has 0 atom stereocenters. The van der Waals surface area contributed by atoms with Crippen LogP contribution >= 0.6 is 0 Å². The summed E-state index contributed by atoms with van der Waals surface area (Å²) in [6, 6.07) is 0. The zero-order valence-electron chi connectivity index (χ0n) is 3.56. The molecule has 0 saturated carbocycles. The summed E-state index contributed by atoms with van der Waals surface area (Å²) in [6.45, 7) is 2.06. The van der Waals surface area contributed by atoms with Gasteiger partial charge in [0.25, 0.3) is 0 Å². The van der Waals surface area contributed by atoms with Gasteiger partial charge in [0.15, 0.2) is 6.60 Å². The zero-order valence-corrected chi connectivity index (χ0v) is 3.56. The average molecular weight is 67.7 g/mol. The van der Waals surface area contributed by atoms with Gasteiger partial charge in [-0.05, 0) is 0 Å². The Labute approximate surface area is 33.2 Å². The van der Waals surface area contributed by atoms with Gasteiger partial charge in [0.2, 0.25) is 0 Å². The summed E-state index contributed by atoms with van der Waals surface area (Å²) in [5.41, 5.74) is 0. The molecule has 0 aliphatic carbocycles. The molecule has 0 aromatic heterocycles. The summed E-state index contributed by atoms with van der Waals surface area (Å²) in [6.07, 6.45) is 0.917. The summed E-state index contributed by atoms with van der Waals surface area (Å²) >= 11 is 0. The smallest absolute Gasteiger partial charge is 0.175 e. The van der Waals surface area contributed by atoms with Crippen LogP contribution in [0.3, 0.4) is 0 Å². The van der Waals surface area contributed by atoms with Crippen molar-refractivity contribution in [2.24, 2.45) is 0 Å². The third-order valence-electron chi connectivity index (χ3n) is 0.272. The van der Waals surface area contributed by atoms with Crippen LogP contribution in [0.4, 0.5) is 0 Å². The highest BCUT2D eigenvalue weighted by Crippen LogP contribution is 1.55. The minimum absolute atomic E-state index is 0.204. The van der Waals surface area contributed by atoms with E-state index in [2.05, 4.69) is 0 Å². The van der Waals surface area contributed by atoms with Gasteiger partial charge >= 0.3 is 0 Å². The molecule has 1 nitrogen and oxygen atoms in total. The van der Waals surface area contributed by atoms with Crippen molar-refractivity contribution in [2.45, 2.75) is 6.82 Å². The van der Waals surface area contributed by atoms with Crippen LogP contribution in [0.5, 0.6) is 0 Å². The van der Waals surface area contributed by atoms with Crippen LogP contribution in [0.25, 0.3) is 0 Å². The maximum atomic E-state index is 9.50. The molecule has 0 bridgehead atoms. The average Bonchev–Trinajstić information content (AvgIpc) is 1.38. The molecule has 3 heteroatoms. The van der Waals surface area contributed by atoms with Crippen LogP contribution in [0.1, 0.15) is 0 Å². The first-order valence-corrected chi connectivity index (χ1v) is 1.72. The Bertz CT molecular complexity index is 34.6. The Morgan fingerprint density at radius 1 is 2.00 bits per heavy atom. The molecule has 0 fully saturated rings. The highest BCUT2D eigenvalue weighted by atomic mass is 16.1. The number of carbonyl (C=O) groups is 1. The monoisotopic (exact) mass is 68.1 g/mol. The molecule has 5 heavy (non-hydrogen) atoms. The number of hydrogen-bond donors (Lipinski definition) is 0. The number of carbonyl (C=O) groups excluding carboxylic acids is 1. The minimum atomic E-state index is 0.204. The SMILES string of the molecule is BB(C)C=O. The van der Waals surface area contributed by atoms with Gasteiger partial charge < -0.3 is 4.79 Å². The highest BCUT2D eigenvalue weighted by molar-refractivity contribution is 7.17. The van der Waals surface area contributed by atoms with Crippen LogP contribution < -0.4 is 0 Å². The van der Waals surface area contributed by atoms with E-state index in [-0.39, 0.29) is 6.60 Å². The van der Waals surface area contributed by atoms with E-state index in [9.17, 15) is 4.79 Å². The lowest BCUT2D eigenvalue weighted by molar-refractivity contribution is 0.568. The van der Waals surface area contributed by atoms with Gasteiger partial charge in [-0.2, -0.15) is 0 Å². The molecule has 0 rings (SSSR count). The van der Waals surface area contributed by atoms with Crippen LogP contribution in [0.15, 0.2) is 0 Å². The van der Waals surface area contributed by atoms with Gasteiger partial charge in [0.1, 0.15) is 0 Å². The van der Waals surface area contributed by atoms with E-state index in [1.165, 1.54) is 0 Å². The van der Waals surface area contributed by atoms with E-state index in [0.29, 0.717) is 0 Å². The third kappa shape index (κ3) is 3.80. The molecule has 0 saturated heterocycles. The topological polar surface area (TPSA) is 17.1 Å². The van der Waals surface area contributed by atoms with Crippen molar-refractivity contribution in [3.8, 4) is 0 Å². The predicted molar refractivity (Wildman–Crippen MR) is 26.9 cm³/mol. The molecule has 0 radical (unpaired) electrons. The van der Waals surface area contributed by atoms with Gasteiger partial charge in [0.05, 0.1) is 13.9 Å². The maximum absolute atomic E-state index is 9.50. The molecule has 0 aliphatic heterocycles. The Morgan fingerprint density at radius 3 is 2.20 bits per heavy atom. The van der Waals surface area contributed by atoms with Gasteiger partial charge in [-0.25, -0.2) is 0 Å². The predicted octanol–water partition coefficient (Wildman–Crippen LogP) is -0.987. The van der Waals surface area contributed by atoms with E-state index in [1.807, 2.05) is 14.6 Å². The maximum Gasteiger partial charge on any atom is 0.175 e. The molecule has 0 N–H and O–H groups in total. The molecule has 0 aromatic rings. The van der Waals surface area contributed by atoms with Crippen molar-refractivity contribution < 1.29 is 4.79 Å². The lowest BCUT2D eigenvalue weighted by Gasteiger charge is -1.71. The Morgan fingerprint density at radius 2 is 2.20 bits per heavy atom. The van der Waals surface area contributed by atoms with E-state index in [0.717, 1.165) is 6.19 Å². The first-order chi connectivity index (χ1) is 2.27. The largest absolute Gasteiger partial charge is 0.316 e. The standard InChI is InChI=1S/C2H6B2O/c1-4(3)2-5/h2H,3H2,1H3. The van der Waals surface area contributed by atoms with Crippen molar-refractivity contribution in [2.75, 3.05) is 0 Å². The quantitative estimate of drug-likeness (QED) is 0.285. The van der Waals surface area contributed by atoms with Gasteiger partial charge in [-0.15, -0.1) is 0 Å². The zero-order chi connectivity index (χ0) is 4.28. The second-order valence-electron chi connectivity index (χ2n) is 1.38. The molecule has 0 aromatic carbocycles. The summed E-state index contributed by atoms with van der Waals surface area (Å²) < 4.78 is 0. The minimum Gasteiger partial charge on any atom is -0.316 e. The van der Waals surface area contributed by atoms with E-state index in [1.54, 1.807) is 0 Å². The van der Waals surface area contributed by atoms with Crippen molar-refractivity contribution in [3.63, 3.8) is 0 Å². The first kappa shape index (κ1) is 4.80. The van der Waals surface area contributed by atoms with Crippen molar-refractivity contribution in [1.29, 1.82) is 0 Å². The molecular formula is C2H6B2O.